The molecule has 0 saturated carbocycles. The van der Waals surface area contributed by atoms with Gasteiger partial charge in [-0.2, -0.15) is 24.3 Å². The molecule has 98 valence electrons. The van der Waals surface area contributed by atoms with E-state index < -0.39 is 0 Å². The van der Waals surface area contributed by atoms with E-state index in [9.17, 15) is 0 Å². The Morgan fingerprint density at radius 2 is 1.37 bits per heavy atom. The van der Waals surface area contributed by atoms with Crippen molar-refractivity contribution in [1.82, 2.24) is 4.98 Å². The Hall–Kier alpha value is -1.72. The zero-order chi connectivity index (χ0) is 14.6. The summed E-state index contributed by atoms with van der Waals surface area (Å²) in [6.07, 6.45) is 1.72. The fraction of sp³-hybridized carbons (Fsp3) is 0. The first-order valence-corrected chi connectivity index (χ1v) is 4.40. The molecule has 0 radical (unpaired) electrons. The number of pyridine rings is 1. The summed E-state index contributed by atoms with van der Waals surface area (Å²) in [7, 11) is 0. The molecule has 1 heterocycles. The summed E-state index contributed by atoms with van der Waals surface area (Å²) in [6.45, 7) is 17.1. The van der Waals surface area contributed by atoms with E-state index in [0.717, 1.165) is 5.69 Å². The van der Waals surface area contributed by atoms with E-state index in [1.807, 2.05) is 48.5 Å². The zero-order valence-electron chi connectivity index (χ0n) is 9.98. The second-order valence-electron chi connectivity index (χ2n) is 2.28. The van der Waals surface area contributed by atoms with Gasteiger partial charge in [0.05, 0.1) is 0 Å². The monoisotopic (exact) mass is 425 g/mol. The number of rotatable bonds is 0. The van der Waals surface area contributed by atoms with E-state index in [-0.39, 0.29) is 21.1 Å². The van der Waals surface area contributed by atoms with Gasteiger partial charge in [-0.3, -0.25) is 4.98 Å². The van der Waals surface area contributed by atoms with E-state index in [2.05, 4.69) is 31.9 Å². The van der Waals surface area contributed by atoms with Crippen LogP contribution in [0.4, 0.5) is 0 Å². The van der Waals surface area contributed by atoms with Crippen LogP contribution in [0.2, 0.25) is 0 Å². The Morgan fingerprint density at radius 3 is 1.53 bits per heavy atom. The van der Waals surface area contributed by atoms with Gasteiger partial charge in [-0.15, -0.1) is 11.8 Å². The summed E-state index contributed by atoms with van der Waals surface area (Å²) in [4.78, 5) is 3.87. The molecule has 0 bridgehead atoms. The van der Waals surface area contributed by atoms with Crippen molar-refractivity contribution < 1.29 is 35.0 Å². The Labute approximate surface area is 127 Å². The summed E-state index contributed by atoms with van der Waals surface area (Å²) in [5.74, 6) is 0. The van der Waals surface area contributed by atoms with Gasteiger partial charge < -0.3 is 0 Å². The first-order chi connectivity index (χ1) is 8.89. The molecular formula is C14H11NO3W-2. The number of hydrogen-bond acceptors (Lipinski definition) is 1. The third-order valence-corrected chi connectivity index (χ3v) is 1.28. The van der Waals surface area contributed by atoms with Crippen LogP contribution in [-0.2, 0) is 35.0 Å². The Balaban J connectivity index is -0.0000000838. The molecule has 0 spiro atoms. The number of hydrogen-bond donors (Lipinski definition) is 0. The van der Waals surface area contributed by atoms with E-state index >= 15 is 0 Å². The Morgan fingerprint density at radius 1 is 0.895 bits per heavy atom. The van der Waals surface area contributed by atoms with E-state index in [1.165, 1.54) is 0 Å². The largest absolute Gasteiger partial charge is 0.296 e. The van der Waals surface area contributed by atoms with Gasteiger partial charge in [0.15, 0.2) is 0 Å². The molecule has 2 aromatic rings. The molecule has 2 rings (SSSR count). The minimum Gasteiger partial charge on any atom is -0.296 e. The predicted molar refractivity (Wildman–Crippen MR) is 62.5 cm³/mol. The first kappa shape index (κ1) is 26.0. The van der Waals surface area contributed by atoms with Crippen molar-refractivity contribution in [2.45, 2.75) is 0 Å². The molecule has 0 aliphatic heterocycles. The van der Waals surface area contributed by atoms with Crippen LogP contribution in [0.5, 0.6) is 0 Å². The summed E-state index contributed by atoms with van der Waals surface area (Å²) in [5.41, 5.74) is 0.822. The topological polar surface area (TPSA) is 72.6 Å². The fourth-order valence-corrected chi connectivity index (χ4v) is 0.719. The zero-order valence-corrected chi connectivity index (χ0v) is 12.9. The summed E-state index contributed by atoms with van der Waals surface area (Å²) in [5, 5.41) is 0. The van der Waals surface area contributed by atoms with E-state index in [4.69, 9.17) is 14.0 Å². The molecular weight excluding hydrogens is 414 g/mol. The van der Waals surface area contributed by atoms with Crippen LogP contribution in [0.15, 0.2) is 54.7 Å². The third kappa shape index (κ3) is 26.1. The molecule has 0 aliphatic carbocycles. The van der Waals surface area contributed by atoms with Gasteiger partial charge >= 0.3 is 33.9 Å². The van der Waals surface area contributed by atoms with Crippen molar-refractivity contribution in [3.8, 4) is 0 Å². The van der Waals surface area contributed by atoms with Gasteiger partial charge in [-0.1, -0.05) is 6.07 Å². The molecule has 0 fully saturated rings. The Bertz CT molecular complexity index is 362. The molecule has 1 aromatic carbocycles. The van der Waals surface area contributed by atoms with Crippen molar-refractivity contribution in [2.75, 3.05) is 0 Å². The van der Waals surface area contributed by atoms with Gasteiger partial charge in [0.2, 0.25) is 0 Å². The summed E-state index contributed by atoms with van der Waals surface area (Å²) in [6, 6.07) is 15.6. The summed E-state index contributed by atoms with van der Waals surface area (Å²) < 4.78 is 22.5. The minimum absolute atomic E-state index is 0. The standard InChI is InChI=1S/C6H6N.C5H5.3CO.W/c1-6-4-2-3-5-7-6;1-2-4-5-3-1;3*1-2;/h2-5H,1H2;1-5H;;;;/q2*-1;;;;. The predicted octanol–water partition coefficient (Wildman–Crippen LogP) is 2.55. The average molecular weight is 425 g/mol. The smallest absolute Gasteiger partial charge is 0.0222 e. The third-order valence-electron chi connectivity index (χ3n) is 1.28. The van der Waals surface area contributed by atoms with Crippen molar-refractivity contribution >= 4 is 0 Å². The van der Waals surface area contributed by atoms with Crippen LogP contribution in [0.25, 0.3) is 0 Å². The number of aromatic nitrogens is 1. The van der Waals surface area contributed by atoms with Crippen LogP contribution in [-0.4, -0.2) is 4.98 Å². The average Bonchev–Trinajstić information content (AvgIpc) is 3.06. The molecule has 5 heteroatoms. The molecule has 0 amide bonds. The first-order valence-electron chi connectivity index (χ1n) is 4.40. The van der Waals surface area contributed by atoms with Crippen LogP contribution < -0.4 is 0 Å². The van der Waals surface area contributed by atoms with Crippen molar-refractivity contribution in [1.29, 1.82) is 0 Å². The molecule has 0 aliphatic rings. The van der Waals surface area contributed by atoms with E-state index in [1.54, 1.807) is 6.20 Å². The molecule has 0 N–H and O–H groups in total. The summed E-state index contributed by atoms with van der Waals surface area (Å²) >= 11 is 0. The van der Waals surface area contributed by atoms with Crippen molar-refractivity contribution in [3.63, 3.8) is 0 Å². The maximum Gasteiger partial charge on any atom is 0.0222 e. The van der Waals surface area contributed by atoms with Crippen LogP contribution in [0, 0.1) is 26.9 Å². The molecule has 19 heavy (non-hydrogen) atoms. The fourth-order valence-electron chi connectivity index (χ4n) is 0.719. The second kappa shape index (κ2) is 29.9. The molecule has 0 saturated heterocycles. The SMILES string of the molecule is [C-]#[O+].[C-]#[O+].[C-]#[O+].[CH2-]c1ccccn1.[W].c1cc[cH-]c1. The molecule has 0 atom stereocenters. The maximum absolute atomic E-state index is 7.50. The van der Waals surface area contributed by atoms with Crippen LogP contribution in [0.3, 0.4) is 0 Å². The number of nitrogens with zero attached hydrogens (tertiary/aromatic N) is 1. The molecule has 0 unspecified atom stereocenters. The minimum atomic E-state index is 0. The quantitative estimate of drug-likeness (QED) is 0.473. The normalized spacial score (nSPS) is 5.58. The van der Waals surface area contributed by atoms with Crippen LogP contribution in [0.1, 0.15) is 5.69 Å². The van der Waals surface area contributed by atoms with E-state index in [0.29, 0.717) is 0 Å². The van der Waals surface area contributed by atoms with Gasteiger partial charge in [0.25, 0.3) is 0 Å². The van der Waals surface area contributed by atoms with Gasteiger partial charge in [0, 0.05) is 27.3 Å². The van der Waals surface area contributed by atoms with Crippen LogP contribution >= 0.6 is 0 Å². The Kier molecular flexibility index (Phi) is 40.8. The van der Waals surface area contributed by atoms with Crippen molar-refractivity contribution in [2.24, 2.45) is 0 Å². The van der Waals surface area contributed by atoms with Gasteiger partial charge in [-0.25, -0.2) is 19.1 Å². The van der Waals surface area contributed by atoms with Gasteiger partial charge in [-0.05, 0) is 0 Å². The molecule has 1 aromatic heterocycles. The second-order valence-corrected chi connectivity index (χ2v) is 2.28. The van der Waals surface area contributed by atoms with Crippen molar-refractivity contribution in [3.05, 3.63) is 87.3 Å². The van der Waals surface area contributed by atoms with Gasteiger partial charge in [0.1, 0.15) is 0 Å². The molecule has 4 nitrogen and oxygen atoms in total. The maximum atomic E-state index is 7.50.